The van der Waals surface area contributed by atoms with Gasteiger partial charge in [0, 0.05) is 13.7 Å². The third-order valence-electron chi connectivity index (χ3n) is 4.72. The Balaban J connectivity index is 2.23. The monoisotopic (exact) mass is 296 g/mol. The fourth-order valence-electron chi connectivity index (χ4n) is 3.65. The molecule has 5 nitrogen and oxygen atoms in total. The lowest BCUT2D eigenvalue weighted by Gasteiger charge is -2.50. The van der Waals surface area contributed by atoms with Crippen LogP contribution in [0.4, 0.5) is 0 Å². The molecule has 0 aromatic heterocycles. The number of nitrogens with zero attached hydrogens (tertiary/aromatic N) is 1. The second-order valence-electron chi connectivity index (χ2n) is 6.73. The molecule has 2 amide bonds. The summed E-state index contributed by atoms with van der Waals surface area (Å²) in [5.74, 6) is 0.495. The van der Waals surface area contributed by atoms with E-state index in [0.717, 1.165) is 32.1 Å². The highest BCUT2D eigenvalue weighted by Gasteiger charge is 2.52. The Morgan fingerprint density at radius 2 is 1.95 bits per heavy atom. The van der Waals surface area contributed by atoms with E-state index in [0.29, 0.717) is 25.5 Å². The smallest absolute Gasteiger partial charge is 0.246 e. The first-order chi connectivity index (χ1) is 10.0. The summed E-state index contributed by atoms with van der Waals surface area (Å²) >= 11 is 0. The van der Waals surface area contributed by atoms with E-state index in [2.05, 4.69) is 19.2 Å². The minimum Gasteiger partial charge on any atom is -0.383 e. The number of amides is 2. The van der Waals surface area contributed by atoms with Gasteiger partial charge < -0.3 is 15.0 Å². The van der Waals surface area contributed by atoms with Crippen LogP contribution in [-0.2, 0) is 14.3 Å². The molecular formula is C16H28N2O3. The number of hydrogen-bond acceptors (Lipinski definition) is 3. The molecule has 2 aliphatic rings. The van der Waals surface area contributed by atoms with Crippen LogP contribution in [-0.4, -0.2) is 48.6 Å². The van der Waals surface area contributed by atoms with Crippen molar-refractivity contribution in [2.45, 2.75) is 64.0 Å². The zero-order chi connectivity index (χ0) is 15.5. The van der Waals surface area contributed by atoms with Crippen LogP contribution in [0.1, 0.15) is 52.4 Å². The Morgan fingerprint density at radius 1 is 1.29 bits per heavy atom. The molecule has 1 spiro atoms. The molecule has 1 aliphatic heterocycles. The van der Waals surface area contributed by atoms with Crippen molar-refractivity contribution >= 4 is 11.8 Å². The van der Waals surface area contributed by atoms with Crippen molar-refractivity contribution in [2.75, 3.05) is 20.3 Å². The number of piperazine rings is 1. The Hall–Kier alpha value is -1.10. The van der Waals surface area contributed by atoms with E-state index < -0.39 is 5.54 Å². The minimum absolute atomic E-state index is 0.0450. The van der Waals surface area contributed by atoms with Gasteiger partial charge in [-0.3, -0.25) is 9.59 Å². The van der Waals surface area contributed by atoms with Crippen molar-refractivity contribution in [1.29, 1.82) is 0 Å². The summed E-state index contributed by atoms with van der Waals surface area (Å²) in [7, 11) is 1.63. The molecule has 2 rings (SSSR count). The molecule has 0 radical (unpaired) electrons. The Morgan fingerprint density at radius 3 is 2.52 bits per heavy atom. The summed E-state index contributed by atoms with van der Waals surface area (Å²) < 4.78 is 5.15. The number of ether oxygens (including phenoxy) is 1. The zero-order valence-electron chi connectivity index (χ0n) is 13.5. The molecule has 1 N–H and O–H groups in total. The maximum absolute atomic E-state index is 12.8. The van der Waals surface area contributed by atoms with Gasteiger partial charge in [0.1, 0.15) is 11.6 Å². The van der Waals surface area contributed by atoms with Crippen LogP contribution in [0.15, 0.2) is 0 Å². The topological polar surface area (TPSA) is 58.6 Å². The number of hydrogen-bond donors (Lipinski definition) is 1. The SMILES string of the molecule is COCCN1C(=O)C(CC(C)C)NC(=O)C12CCCCC2. The van der Waals surface area contributed by atoms with E-state index in [1.807, 2.05) is 4.90 Å². The van der Waals surface area contributed by atoms with Crippen molar-refractivity contribution in [3.63, 3.8) is 0 Å². The first kappa shape index (κ1) is 16.3. The molecule has 120 valence electrons. The number of carbonyl (C=O) groups excluding carboxylic acids is 2. The average molecular weight is 296 g/mol. The van der Waals surface area contributed by atoms with Gasteiger partial charge in [0.05, 0.1) is 6.61 Å². The van der Waals surface area contributed by atoms with Crippen LogP contribution in [0, 0.1) is 5.92 Å². The number of methoxy groups -OCH3 is 1. The molecule has 1 unspecified atom stereocenters. The van der Waals surface area contributed by atoms with Crippen molar-refractivity contribution in [3.8, 4) is 0 Å². The third-order valence-corrected chi connectivity index (χ3v) is 4.72. The van der Waals surface area contributed by atoms with Crippen molar-refractivity contribution < 1.29 is 14.3 Å². The summed E-state index contributed by atoms with van der Waals surface area (Å²) in [6, 6.07) is -0.373. The van der Waals surface area contributed by atoms with Crippen LogP contribution in [0.5, 0.6) is 0 Å². The maximum Gasteiger partial charge on any atom is 0.246 e. The number of nitrogens with one attached hydrogen (secondary N) is 1. The molecule has 0 aromatic rings. The van der Waals surface area contributed by atoms with Gasteiger partial charge in [-0.05, 0) is 25.2 Å². The fraction of sp³-hybridized carbons (Fsp3) is 0.875. The summed E-state index contributed by atoms with van der Waals surface area (Å²) in [6.45, 7) is 5.14. The predicted octanol–water partition coefficient (Wildman–Crippen LogP) is 1.71. The second-order valence-corrected chi connectivity index (χ2v) is 6.73. The van der Waals surface area contributed by atoms with E-state index in [4.69, 9.17) is 4.74 Å². The molecule has 1 saturated heterocycles. The van der Waals surface area contributed by atoms with E-state index >= 15 is 0 Å². The molecule has 1 aliphatic carbocycles. The standard InChI is InChI=1S/C16H28N2O3/c1-12(2)11-13-14(19)18(9-10-21-3)16(15(20)17-13)7-5-4-6-8-16/h12-13H,4-11H2,1-3H3,(H,17,20). The summed E-state index contributed by atoms with van der Waals surface area (Å²) in [5.41, 5.74) is -0.624. The lowest BCUT2D eigenvalue weighted by molar-refractivity contribution is -0.161. The molecular weight excluding hydrogens is 268 g/mol. The van der Waals surface area contributed by atoms with Gasteiger partial charge in [0.2, 0.25) is 11.8 Å². The highest BCUT2D eigenvalue weighted by molar-refractivity contribution is 5.99. The molecule has 2 fully saturated rings. The number of carbonyl (C=O) groups is 2. The van der Waals surface area contributed by atoms with E-state index in [1.54, 1.807) is 7.11 Å². The van der Waals surface area contributed by atoms with Gasteiger partial charge in [0.25, 0.3) is 0 Å². The zero-order valence-corrected chi connectivity index (χ0v) is 13.5. The van der Waals surface area contributed by atoms with Crippen molar-refractivity contribution in [3.05, 3.63) is 0 Å². The van der Waals surface area contributed by atoms with E-state index in [9.17, 15) is 9.59 Å². The highest BCUT2D eigenvalue weighted by Crippen LogP contribution is 2.37. The Kier molecular flexibility index (Phi) is 5.25. The van der Waals surface area contributed by atoms with Gasteiger partial charge >= 0.3 is 0 Å². The van der Waals surface area contributed by atoms with Gasteiger partial charge in [0.15, 0.2) is 0 Å². The molecule has 0 bridgehead atoms. The summed E-state index contributed by atoms with van der Waals surface area (Å²) in [6.07, 6.45) is 5.43. The van der Waals surface area contributed by atoms with Crippen LogP contribution < -0.4 is 5.32 Å². The molecule has 1 saturated carbocycles. The second kappa shape index (κ2) is 6.77. The quantitative estimate of drug-likeness (QED) is 0.840. The van der Waals surface area contributed by atoms with Crippen LogP contribution in [0.3, 0.4) is 0 Å². The molecule has 1 atom stereocenters. The largest absolute Gasteiger partial charge is 0.383 e. The normalized spacial score (nSPS) is 25.5. The Labute approximate surface area is 127 Å². The first-order valence-electron chi connectivity index (χ1n) is 8.12. The lowest BCUT2D eigenvalue weighted by Crippen LogP contribution is -2.71. The molecule has 0 aromatic carbocycles. The van der Waals surface area contributed by atoms with Gasteiger partial charge in [-0.25, -0.2) is 0 Å². The first-order valence-corrected chi connectivity index (χ1v) is 8.12. The Bertz CT molecular complexity index is 389. The van der Waals surface area contributed by atoms with Gasteiger partial charge in [-0.15, -0.1) is 0 Å². The molecule has 5 heteroatoms. The summed E-state index contributed by atoms with van der Waals surface area (Å²) in [4.78, 5) is 27.4. The van der Waals surface area contributed by atoms with E-state index in [-0.39, 0.29) is 17.9 Å². The summed E-state index contributed by atoms with van der Waals surface area (Å²) in [5, 5.41) is 2.99. The minimum atomic E-state index is -0.624. The lowest BCUT2D eigenvalue weighted by atomic mass is 9.77. The predicted molar refractivity (Wildman–Crippen MR) is 80.8 cm³/mol. The molecule has 21 heavy (non-hydrogen) atoms. The number of rotatable bonds is 5. The van der Waals surface area contributed by atoms with Crippen molar-refractivity contribution in [1.82, 2.24) is 10.2 Å². The maximum atomic E-state index is 12.8. The third kappa shape index (κ3) is 3.23. The average Bonchev–Trinajstić information content (AvgIpc) is 2.45. The fourth-order valence-corrected chi connectivity index (χ4v) is 3.65. The van der Waals surface area contributed by atoms with Gasteiger partial charge in [-0.1, -0.05) is 33.1 Å². The van der Waals surface area contributed by atoms with Gasteiger partial charge in [-0.2, -0.15) is 0 Å². The van der Waals surface area contributed by atoms with Crippen molar-refractivity contribution in [2.24, 2.45) is 5.92 Å². The molecule has 1 heterocycles. The van der Waals surface area contributed by atoms with Crippen LogP contribution >= 0.6 is 0 Å². The van der Waals surface area contributed by atoms with Crippen LogP contribution in [0.2, 0.25) is 0 Å². The van der Waals surface area contributed by atoms with Crippen LogP contribution in [0.25, 0.3) is 0 Å². The highest BCUT2D eigenvalue weighted by atomic mass is 16.5. The van der Waals surface area contributed by atoms with E-state index in [1.165, 1.54) is 0 Å².